The molecule has 0 saturated carbocycles. The lowest BCUT2D eigenvalue weighted by atomic mass is 10.0. The van der Waals surface area contributed by atoms with Crippen molar-refractivity contribution in [3.63, 3.8) is 0 Å². The van der Waals surface area contributed by atoms with E-state index in [1.54, 1.807) is 17.6 Å². The Bertz CT molecular complexity index is 407. The first-order valence-electron chi connectivity index (χ1n) is 5.04. The van der Waals surface area contributed by atoms with E-state index >= 15 is 0 Å². The Kier molecular flexibility index (Phi) is 4.38. The van der Waals surface area contributed by atoms with E-state index in [0.29, 0.717) is 6.42 Å². The smallest absolute Gasteiger partial charge is 0.251 e. The average Bonchev–Trinajstić information content (AvgIpc) is 2.26. The number of hydrogen-bond acceptors (Lipinski definition) is 3. The summed E-state index contributed by atoms with van der Waals surface area (Å²) in [6.45, 7) is 1.86. The molecule has 0 spiro atoms. The third kappa shape index (κ3) is 4.06. The number of hydrazine groups is 1. The van der Waals surface area contributed by atoms with E-state index in [4.69, 9.17) is 5.41 Å². The molecule has 0 aliphatic heterocycles. The summed E-state index contributed by atoms with van der Waals surface area (Å²) in [6, 6.07) is 5.51. The highest BCUT2D eigenvalue weighted by molar-refractivity contribution is 5.75. The molecular weight excluding hydrogens is 227 g/mol. The first kappa shape index (κ1) is 12.9. The van der Waals surface area contributed by atoms with Gasteiger partial charge in [0.15, 0.2) is 5.03 Å². The predicted octanol–water partition coefficient (Wildman–Crippen LogP) is 1.58. The molecule has 0 aliphatic carbocycles. The van der Waals surface area contributed by atoms with Gasteiger partial charge in [-0.05, 0) is 24.1 Å². The number of nitrogens with one attached hydrogen (secondary N) is 3. The van der Waals surface area contributed by atoms with Gasteiger partial charge in [-0.15, -0.1) is 0 Å². The monoisotopic (exact) mass is 240 g/mol. The van der Waals surface area contributed by atoms with Crippen molar-refractivity contribution in [2.75, 3.05) is 0 Å². The fourth-order valence-corrected chi connectivity index (χ4v) is 1.41. The zero-order chi connectivity index (χ0) is 12.8. The minimum absolute atomic E-state index is 0.268. The second-order valence-electron chi connectivity index (χ2n) is 3.40. The Hall–Kier alpha value is -2.18. The molecule has 92 valence electrons. The van der Waals surface area contributed by atoms with Crippen LogP contribution in [-0.4, -0.2) is 11.0 Å². The number of benzene rings is 1. The van der Waals surface area contributed by atoms with Gasteiger partial charge in [-0.3, -0.25) is 5.41 Å². The summed E-state index contributed by atoms with van der Waals surface area (Å²) in [5, 5.41) is 19.3. The minimum atomic E-state index is -0.813. The molecule has 0 aliphatic rings. The second kappa shape index (κ2) is 5.78. The fraction of sp³-hybridized carbons (Fsp3) is 0.300. The number of hydrogen-bond donors (Lipinski definition) is 3. The zero-order valence-corrected chi connectivity index (χ0v) is 9.24. The lowest BCUT2D eigenvalue weighted by Gasteiger charge is -2.17. The highest BCUT2D eigenvalue weighted by Crippen LogP contribution is 2.16. The molecule has 0 aromatic heterocycles. The Morgan fingerprint density at radius 1 is 1.53 bits per heavy atom. The summed E-state index contributed by atoms with van der Waals surface area (Å²) in [6.07, 6.45) is 0.618. The molecule has 3 N–H and O–H groups in total. The number of halogens is 1. The van der Waals surface area contributed by atoms with Crippen molar-refractivity contribution in [1.29, 1.82) is 5.41 Å². The number of nitro groups is 1. The van der Waals surface area contributed by atoms with E-state index in [1.807, 2.05) is 6.92 Å². The summed E-state index contributed by atoms with van der Waals surface area (Å²) in [5.74, 6) is -0.742. The molecule has 0 amide bonds. The van der Waals surface area contributed by atoms with Crippen LogP contribution in [0.3, 0.4) is 0 Å². The SMILES string of the molecule is CCC(NC(=N)N[N+](=O)[O-])c1ccc(F)cc1. The van der Waals surface area contributed by atoms with Gasteiger partial charge in [0, 0.05) is 0 Å². The highest BCUT2D eigenvalue weighted by atomic mass is 19.1. The molecule has 7 heteroatoms. The molecule has 1 rings (SSSR count). The van der Waals surface area contributed by atoms with Crippen LogP contribution in [0.15, 0.2) is 24.3 Å². The van der Waals surface area contributed by atoms with Crippen LogP contribution in [0.5, 0.6) is 0 Å². The summed E-state index contributed by atoms with van der Waals surface area (Å²) in [7, 11) is 0. The van der Waals surface area contributed by atoms with E-state index < -0.39 is 11.0 Å². The maximum Gasteiger partial charge on any atom is 0.251 e. The normalized spacial score (nSPS) is 11.6. The fourth-order valence-electron chi connectivity index (χ4n) is 1.41. The van der Waals surface area contributed by atoms with Crippen LogP contribution in [0, 0.1) is 21.3 Å². The molecule has 1 aromatic carbocycles. The second-order valence-corrected chi connectivity index (χ2v) is 3.40. The third-order valence-corrected chi connectivity index (χ3v) is 2.20. The Balaban J connectivity index is 2.68. The first-order chi connectivity index (χ1) is 8.02. The van der Waals surface area contributed by atoms with Gasteiger partial charge in [-0.25, -0.2) is 14.5 Å². The Morgan fingerprint density at radius 3 is 2.59 bits per heavy atom. The number of rotatable bonds is 4. The maximum absolute atomic E-state index is 12.7. The topological polar surface area (TPSA) is 91.1 Å². The first-order valence-corrected chi connectivity index (χ1v) is 5.04. The van der Waals surface area contributed by atoms with Crippen molar-refractivity contribution in [1.82, 2.24) is 10.7 Å². The number of guanidine groups is 1. The molecule has 0 saturated heterocycles. The zero-order valence-electron chi connectivity index (χ0n) is 9.24. The molecule has 0 bridgehead atoms. The van der Waals surface area contributed by atoms with Crippen LogP contribution in [0.25, 0.3) is 0 Å². The van der Waals surface area contributed by atoms with Crippen molar-refractivity contribution in [2.24, 2.45) is 0 Å². The average molecular weight is 240 g/mol. The van der Waals surface area contributed by atoms with Crippen molar-refractivity contribution < 1.29 is 9.42 Å². The van der Waals surface area contributed by atoms with E-state index in [0.717, 1.165) is 5.56 Å². The molecule has 1 atom stereocenters. The molecule has 6 nitrogen and oxygen atoms in total. The van der Waals surface area contributed by atoms with Crippen molar-refractivity contribution >= 4 is 5.96 Å². The lowest BCUT2D eigenvalue weighted by Crippen LogP contribution is -2.41. The van der Waals surface area contributed by atoms with Crippen molar-refractivity contribution in [3.05, 3.63) is 45.8 Å². The van der Waals surface area contributed by atoms with Crippen LogP contribution in [0.1, 0.15) is 24.9 Å². The van der Waals surface area contributed by atoms with Crippen LogP contribution in [0.4, 0.5) is 4.39 Å². The lowest BCUT2D eigenvalue weighted by molar-refractivity contribution is -0.525. The molecule has 0 radical (unpaired) electrons. The molecule has 0 fully saturated rings. The van der Waals surface area contributed by atoms with E-state index in [2.05, 4.69) is 5.32 Å². The summed E-state index contributed by atoms with van der Waals surface area (Å²) >= 11 is 0. The molecule has 17 heavy (non-hydrogen) atoms. The van der Waals surface area contributed by atoms with Gasteiger partial charge in [-0.1, -0.05) is 24.5 Å². The van der Waals surface area contributed by atoms with Gasteiger partial charge in [0.25, 0.3) is 5.96 Å². The summed E-state index contributed by atoms with van der Waals surface area (Å²) in [4.78, 5) is 10.1. The minimum Gasteiger partial charge on any atom is -0.345 e. The van der Waals surface area contributed by atoms with Crippen LogP contribution in [-0.2, 0) is 0 Å². The predicted molar refractivity (Wildman–Crippen MR) is 60.4 cm³/mol. The highest BCUT2D eigenvalue weighted by Gasteiger charge is 2.12. The largest absolute Gasteiger partial charge is 0.345 e. The van der Waals surface area contributed by atoms with Gasteiger partial charge in [0.05, 0.1) is 6.04 Å². The van der Waals surface area contributed by atoms with E-state index in [-0.39, 0.29) is 11.9 Å². The number of nitrogens with zero attached hydrogens (tertiary/aromatic N) is 1. The van der Waals surface area contributed by atoms with Crippen LogP contribution >= 0.6 is 0 Å². The summed E-state index contributed by atoms with van der Waals surface area (Å²) in [5.41, 5.74) is 2.48. The van der Waals surface area contributed by atoms with E-state index in [1.165, 1.54) is 12.1 Å². The molecule has 1 aromatic rings. The summed E-state index contributed by atoms with van der Waals surface area (Å²) < 4.78 is 12.7. The molecular formula is C10H13FN4O2. The van der Waals surface area contributed by atoms with Gasteiger partial charge in [0.2, 0.25) is 0 Å². The van der Waals surface area contributed by atoms with Crippen molar-refractivity contribution in [3.8, 4) is 0 Å². The third-order valence-electron chi connectivity index (χ3n) is 2.20. The molecule has 1 unspecified atom stereocenters. The van der Waals surface area contributed by atoms with Gasteiger partial charge < -0.3 is 5.32 Å². The van der Waals surface area contributed by atoms with Gasteiger partial charge in [-0.2, -0.15) is 0 Å². The Labute approximate surface area is 97.5 Å². The van der Waals surface area contributed by atoms with E-state index in [9.17, 15) is 14.5 Å². The standard InChI is InChI=1S/C10H13FN4O2/c1-2-9(13-10(12)14-15(16)17)7-3-5-8(11)6-4-7/h3-6,9H,2H2,1H3,(H3,12,13,14). The van der Waals surface area contributed by atoms with Gasteiger partial charge >= 0.3 is 0 Å². The molecule has 0 heterocycles. The quantitative estimate of drug-likeness (QED) is 0.322. The Morgan fingerprint density at radius 2 is 2.12 bits per heavy atom. The van der Waals surface area contributed by atoms with Gasteiger partial charge in [0.1, 0.15) is 5.82 Å². The maximum atomic E-state index is 12.7. The van der Waals surface area contributed by atoms with Crippen LogP contribution in [0.2, 0.25) is 0 Å². The van der Waals surface area contributed by atoms with Crippen molar-refractivity contribution in [2.45, 2.75) is 19.4 Å². The van der Waals surface area contributed by atoms with Crippen LogP contribution < -0.4 is 10.7 Å².